The highest BCUT2D eigenvalue weighted by molar-refractivity contribution is 9.10. The molecule has 0 unspecified atom stereocenters. The van der Waals surface area contributed by atoms with E-state index in [0.29, 0.717) is 35.4 Å². The maximum atomic E-state index is 13.8. The number of ketones is 1. The normalized spacial score (nSPS) is 18.8. The minimum atomic E-state index is -0.559. The molecule has 1 aliphatic carbocycles. The summed E-state index contributed by atoms with van der Waals surface area (Å²) >= 11 is 3.58. The number of halogens is 1. The van der Waals surface area contributed by atoms with Crippen molar-refractivity contribution in [2.75, 3.05) is 14.2 Å². The summed E-state index contributed by atoms with van der Waals surface area (Å²) in [5.41, 5.74) is 5.39. The average molecular weight is 588 g/mol. The van der Waals surface area contributed by atoms with E-state index in [1.165, 1.54) is 0 Å². The van der Waals surface area contributed by atoms with Gasteiger partial charge in [-0.05, 0) is 76.1 Å². The van der Waals surface area contributed by atoms with E-state index in [1.54, 1.807) is 14.2 Å². The number of carbonyl (C=O) groups excluding carboxylic acids is 2. The molecule has 1 N–H and O–H groups in total. The van der Waals surface area contributed by atoms with Crippen molar-refractivity contribution < 1.29 is 23.8 Å². The summed E-state index contributed by atoms with van der Waals surface area (Å²) in [5, 5.41) is 3.41. The van der Waals surface area contributed by atoms with Gasteiger partial charge in [-0.25, -0.2) is 4.79 Å². The van der Waals surface area contributed by atoms with Gasteiger partial charge in [0.2, 0.25) is 0 Å². The number of ether oxygens (including phenoxy) is 3. The fourth-order valence-corrected chi connectivity index (χ4v) is 5.98. The highest BCUT2D eigenvalue weighted by Crippen LogP contribution is 2.46. The van der Waals surface area contributed by atoms with Gasteiger partial charge >= 0.3 is 5.97 Å². The minimum absolute atomic E-state index is 0.0161. The molecule has 0 amide bonds. The molecule has 6 nitrogen and oxygen atoms in total. The molecule has 39 heavy (non-hydrogen) atoms. The topological polar surface area (TPSA) is 73.9 Å². The number of esters is 1. The molecule has 0 saturated heterocycles. The van der Waals surface area contributed by atoms with Crippen molar-refractivity contribution in [2.24, 2.45) is 0 Å². The lowest BCUT2D eigenvalue weighted by molar-refractivity contribution is -0.140. The SMILES string of the molecule is COc1ccc([C@@H]2CC(=O)C3=C(C2)NC(C)=C(C(=O)OCc2ccccc2)[C@@H]3c2ccc(OC)c(Br)c2)cc1. The van der Waals surface area contributed by atoms with Crippen LogP contribution in [-0.2, 0) is 20.9 Å². The van der Waals surface area contributed by atoms with Crippen LogP contribution in [0.4, 0.5) is 0 Å². The highest BCUT2D eigenvalue weighted by Gasteiger charge is 2.41. The van der Waals surface area contributed by atoms with Crippen molar-refractivity contribution in [3.63, 3.8) is 0 Å². The zero-order valence-corrected chi connectivity index (χ0v) is 23.7. The van der Waals surface area contributed by atoms with Gasteiger partial charge in [-0.15, -0.1) is 0 Å². The zero-order chi connectivity index (χ0) is 27.5. The van der Waals surface area contributed by atoms with Crippen LogP contribution < -0.4 is 14.8 Å². The number of methoxy groups -OCH3 is 2. The van der Waals surface area contributed by atoms with E-state index < -0.39 is 11.9 Å². The van der Waals surface area contributed by atoms with Gasteiger partial charge in [0.25, 0.3) is 0 Å². The Hall–Kier alpha value is -3.84. The lowest BCUT2D eigenvalue weighted by Gasteiger charge is -2.37. The van der Waals surface area contributed by atoms with Crippen molar-refractivity contribution in [2.45, 2.75) is 38.2 Å². The van der Waals surface area contributed by atoms with Crippen LogP contribution >= 0.6 is 15.9 Å². The van der Waals surface area contributed by atoms with Crippen molar-refractivity contribution in [1.82, 2.24) is 5.32 Å². The fraction of sp³-hybridized carbons (Fsp3) is 0.250. The Morgan fingerprint density at radius 3 is 2.33 bits per heavy atom. The molecule has 7 heteroatoms. The maximum absolute atomic E-state index is 13.8. The average Bonchev–Trinajstić information content (AvgIpc) is 2.95. The molecular weight excluding hydrogens is 558 g/mol. The van der Waals surface area contributed by atoms with Gasteiger partial charge in [0.1, 0.15) is 18.1 Å². The molecule has 2 atom stereocenters. The Bertz CT molecular complexity index is 1460. The molecule has 3 aromatic rings. The van der Waals surface area contributed by atoms with Gasteiger partial charge in [-0.3, -0.25) is 4.79 Å². The first-order valence-electron chi connectivity index (χ1n) is 12.8. The quantitative estimate of drug-likeness (QED) is 0.315. The third-order valence-electron chi connectivity index (χ3n) is 7.36. The number of carbonyl (C=O) groups is 2. The van der Waals surface area contributed by atoms with Crippen molar-refractivity contribution in [1.29, 1.82) is 0 Å². The summed E-state index contributed by atoms with van der Waals surface area (Å²) in [6.07, 6.45) is 1.01. The van der Waals surface area contributed by atoms with Crippen LogP contribution in [0.5, 0.6) is 11.5 Å². The number of allylic oxidation sites excluding steroid dienone is 3. The number of Topliss-reactive ketones (excluding diaryl/α,β-unsaturated/α-hetero) is 1. The van der Waals surface area contributed by atoms with Crippen molar-refractivity contribution in [3.05, 3.63) is 116 Å². The van der Waals surface area contributed by atoms with Crippen LogP contribution in [0.2, 0.25) is 0 Å². The molecule has 0 spiro atoms. The molecule has 5 rings (SSSR count). The summed E-state index contributed by atoms with van der Waals surface area (Å²) in [5.74, 6) is 0.484. The Morgan fingerprint density at radius 1 is 0.949 bits per heavy atom. The van der Waals surface area contributed by atoms with E-state index in [0.717, 1.165) is 32.6 Å². The van der Waals surface area contributed by atoms with E-state index in [2.05, 4.69) is 21.2 Å². The predicted octanol–water partition coefficient (Wildman–Crippen LogP) is 6.57. The first kappa shape index (κ1) is 26.8. The van der Waals surface area contributed by atoms with E-state index in [1.807, 2.05) is 79.7 Å². The van der Waals surface area contributed by atoms with Gasteiger partial charge in [-0.1, -0.05) is 48.5 Å². The summed E-state index contributed by atoms with van der Waals surface area (Å²) in [7, 11) is 3.24. The lowest BCUT2D eigenvalue weighted by atomic mass is 9.71. The molecule has 0 fully saturated rings. The number of nitrogens with one attached hydrogen (secondary N) is 1. The largest absolute Gasteiger partial charge is 0.497 e. The van der Waals surface area contributed by atoms with Gasteiger partial charge in [0, 0.05) is 29.3 Å². The molecule has 1 heterocycles. The van der Waals surface area contributed by atoms with Gasteiger partial charge in [0.05, 0.1) is 24.3 Å². The molecule has 3 aromatic carbocycles. The van der Waals surface area contributed by atoms with Crippen LogP contribution in [-0.4, -0.2) is 26.0 Å². The molecule has 0 radical (unpaired) electrons. The Labute approximate surface area is 236 Å². The monoisotopic (exact) mass is 587 g/mol. The second kappa shape index (κ2) is 11.5. The van der Waals surface area contributed by atoms with E-state index >= 15 is 0 Å². The maximum Gasteiger partial charge on any atom is 0.337 e. The number of hydrogen-bond acceptors (Lipinski definition) is 6. The Morgan fingerprint density at radius 2 is 1.67 bits per heavy atom. The lowest BCUT2D eigenvalue weighted by Crippen LogP contribution is -2.36. The third kappa shape index (κ3) is 5.50. The van der Waals surface area contributed by atoms with E-state index in [4.69, 9.17) is 14.2 Å². The highest BCUT2D eigenvalue weighted by atomic mass is 79.9. The van der Waals surface area contributed by atoms with E-state index in [9.17, 15) is 9.59 Å². The van der Waals surface area contributed by atoms with Gasteiger partial charge in [-0.2, -0.15) is 0 Å². The molecule has 0 aromatic heterocycles. The molecule has 2 aliphatic rings. The summed E-state index contributed by atoms with van der Waals surface area (Å²) < 4.78 is 17.2. The second-order valence-corrected chi connectivity index (χ2v) is 10.6. The molecule has 0 bridgehead atoms. The van der Waals surface area contributed by atoms with Crippen LogP contribution in [0.3, 0.4) is 0 Å². The summed E-state index contributed by atoms with van der Waals surface area (Å²) in [6.45, 7) is 2.02. The van der Waals surface area contributed by atoms with Crippen molar-refractivity contribution >= 4 is 27.7 Å². The fourth-order valence-electron chi connectivity index (χ4n) is 5.42. The Kier molecular flexibility index (Phi) is 7.89. The number of hydrogen-bond donors (Lipinski definition) is 1. The Balaban J connectivity index is 1.52. The third-order valence-corrected chi connectivity index (χ3v) is 7.98. The van der Waals surface area contributed by atoms with Crippen LogP contribution in [0.25, 0.3) is 0 Å². The molecule has 1 aliphatic heterocycles. The standard InChI is InChI=1S/C32H30BrNO5/c1-19-29(32(36)39-18-20-7-5-4-6-8-20)30(22-11-14-28(38-3)25(33)15-22)31-26(34-19)16-23(17-27(31)35)21-9-12-24(37-2)13-10-21/h4-15,23,30,34H,16-18H2,1-3H3/t23-,30-/m0/s1. The van der Waals surface area contributed by atoms with Crippen LogP contribution in [0.15, 0.2) is 99.8 Å². The zero-order valence-electron chi connectivity index (χ0n) is 22.1. The number of rotatable bonds is 7. The molecule has 0 saturated carbocycles. The minimum Gasteiger partial charge on any atom is -0.497 e. The van der Waals surface area contributed by atoms with Crippen LogP contribution in [0, 0.1) is 0 Å². The van der Waals surface area contributed by atoms with Gasteiger partial charge in [0.15, 0.2) is 5.78 Å². The number of dihydropyridines is 1. The summed E-state index contributed by atoms with van der Waals surface area (Å²) in [6, 6.07) is 23.1. The predicted molar refractivity (Wildman–Crippen MR) is 153 cm³/mol. The van der Waals surface area contributed by atoms with Crippen LogP contribution in [0.1, 0.15) is 48.3 Å². The van der Waals surface area contributed by atoms with E-state index in [-0.39, 0.29) is 18.3 Å². The molecule has 200 valence electrons. The first-order chi connectivity index (χ1) is 18.9. The molecular formula is C32H30BrNO5. The van der Waals surface area contributed by atoms with Crippen molar-refractivity contribution in [3.8, 4) is 11.5 Å². The number of benzene rings is 3. The van der Waals surface area contributed by atoms with Gasteiger partial charge < -0.3 is 19.5 Å². The summed E-state index contributed by atoms with van der Waals surface area (Å²) in [4.78, 5) is 27.4. The first-order valence-corrected chi connectivity index (χ1v) is 13.6. The smallest absolute Gasteiger partial charge is 0.337 e. The second-order valence-electron chi connectivity index (χ2n) is 9.75.